The van der Waals surface area contributed by atoms with Gasteiger partial charge in [-0.3, -0.25) is 14.8 Å². The molecule has 8 nitrogen and oxygen atoms in total. The number of methoxy groups -OCH3 is 1. The fourth-order valence-corrected chi connectivity index (χ4v) is 4.05. The molecule has 0 bridgehead atoms. The monoisotopic (exact) mass is 435 g/mol. The first-order valence-corrected chi connectivity index (χ1v) is 10.7. The largest absolute Gasteiger partial charge is 0.497 e. The minimum Gasteiger partial charge on any atom is -0.497 e. The maximum absolute atomic E-state index is 12.4. The van der Waals surface area contributed by atoms with Gasteiger partial charge in [0.15, 0.2) is 0 Å². The van der Waals surface area contributed by atoms with Crippen LogP contribution in [0.4, 0.5) is 0 Å². The molecule has 0 amide bonds. The molecule has 8 heteroatoms. The fraction of sp³-hybridized carbons (Fsp3) is 0.292. The molecule has 1 aliphatic rings. The maximum Gasteiger partial charge on any atom is 0.335 e. The van der Waals surface area contributed by atoms with Crippen LogP contribution < -0.4 is 20.9 Å². The number of aromatic nitrogens is 2. The number of piperidine rings is 1. The summed E-state index contributed by atoms with van der Waals surface area (Å²) in [6.45, 7) is 2.97. The summed E-state index contributed by atoms with van der Waals surface area (Å²) in [7, 11) is 1.51. The lowest BCUT2D eigenvalue weighted by Gasteiger charge is -2.27. The van der Waals surface area contributed by atoms with Crippen molar-refractivity contribution in [2.75, 3.05) is 20.2 Å². The van der Waals surface area contributed by atoms with Gasteiger partial charge in [0.05, 0.1) is 31.9 Å². The third-order valence-corrected chi connectivity index (χ3v) is 5.81. The fourth-order valence-electron chi connectivity index (χ4n) is 4.05. The summed E-state index contributed by atoms with van der Waals surface area (Å²) in [5, 5.41) is 10.7. The number of likely N-dealkylation sites (tertiary alicyclic amines) is 1. The van der Waals surface area contributed by atoms with E-state index in [1.54, 1.807) is 24.3 Å². The average molecular weight is 436 g/mol. The molecule has 1 aliphatic heterocycles. The first-order valence-electron chi connectivity index (χ1n) is 10.7. The van der Waals surface area contributed by atoms with Gasteiger partial charge in [0.2, 0.25) is 5.88 Å². The van der Waals surface area contributed by atoms with E-state index in [4.69, 9.17) is 4.74 Å². The molecule has 1 saturated heterocycles. The van der Waals surface area contributed by atoms with E-state index in [2.05, 4.69) is 34.2 Å². The molecule has 0 aliphatic carbocycles. The zero-order chi connectivity index (χ0) is 22.5. The summed E-state index contributed by atoms with van der Waals surface area (Å²) < 4.78 is 6.23. The highest BCUT2D eigenvalue weighted by Gasteiger charge is 2.22. The number of nitrogens with zero attached hydrogens (tertiary/aromatic N) is 2. The predicted molar refractivity (Wildman–Crippen MR) is 122 cm³/mol. The SMILES string of the molecule is COc1cccc(-n2c(O)c(C=NC3CC[NH+](Cc4ccccc4)CC3)c(=O)[nH]c2=O)c1. The highest BCUT2D eigenvalue weighted by atomic mass is 16.5. The zero-order valence-electron chi connectivity index (χ0n) is 18.0. The number of hydrogen-bond acceptors (Lipinski definition) is 5. The number of nitrogens with one attached hydrogen (secondary N) is 2. The number of ether oxygens (including phenoxy) is 1. The maximum atomic E-state index is 12.4. The average Bonchev–Trinajstić information content (AvgIpc) is 2.80. The van der Waals surface area contributed by atoms with Gasteiger partial charge in [-0.25, -0.2) is 9.36 Å². The van der Waals surface area contributed by atoms with Gasteiger partial charge in [-0.1, -0.05) is 36.4 Å². The lowest BCUT2D eigenvalue weighted by atomic mass is 10.0. The van der Waals surface area contributed by atoms with E-state index >= 15 is 0 Å². The van der Waals surface area contributed by atoms with E-state index in [1.807, 2.05) is 6.07 Å². The van der Waals surface area contributed by atoms with Gasteiger partial charge in [0.25, 0.3) is 5.56 Å². The summed E-state index contributed by atoms with van der Waals surface area (Å²) in [6, 6.07) is 17.2. The second-order valence-corrected chi connectivity index (χ2v) is 7.96. The third-order valence-electron chi connectivity index (χ3n) is 5.81. The number of aliphatic imine (C=N–C) groups is 1. The van der Waals surface area contributed by atoms with Crippen LogP contribution in [0.2, 0.25) is 0 Å². The first kappa shape index (κ1) is 21.6. The molecular formula is C24H27N4O4+. The molecule has 0 radical (unpaired) electrons. The van der Waals surface area contributed by atoms with Crippen molar-refractivity contribution in [3.05, 3.63) is 86.6 Å². The van der Waals surface area contributed by atoms with Crippen LogP contribution in [0.15, 0.2) is 69.2 Å². The molecule has 3 N–H and O–H groups in total. The van der Waals surface area contributed by atoms with Crippen molar-refractivity contribution < 1.29 is 14.7 Å². The van der Waals surface area contributed by atoms with Crippen molar-refractivity contribution in [1.82, 2.24) is 9.55 Å². The number of benzene rings is 2. The van der Waals surface area contributed by atoms with Crippen LogP contribution in [0.1, 0.15) is 24.0 Å². The smallest absolute Gasteiger partial charge is 0.335 e. The molecule has 1 fully saturated rings. The number of aromatic hydroxyl groups is 1. The Labute approximate surface area is 185 Å². The number of H-pyrrole nitrogens is 1. The molecule has 0 atom stereocenters. The van der Waals surface area contributed by atoms with Crippen molar-refractivity contribution in [2.45, 2.75) is 25.4 Å². The van der Waals surface area contributed by atoms with Gasteiger partial charge < -0.3 is 14.7 Å². The van der Waals surface area contributed by atoms with E-state index in [0.717, 1.165) is 37.0 Å². The lowest BCUT2D eigenvalue weighted by Crippen LogP contribution is -3.12. The normalized spacial score (nSPS) is 18.7. The summed E-state index contributed by atoms with van der Waals surface area (Å²) in [6.07, 6.45) is 3.18. The first-order chi connectivity index (χ1) is 15.5. The van der Waals surface area contributed by atoms with E-state index in [-0.39, 0.29) is 11.6 Å². The topological polar surface area (TPSA) is 101 Å². The Morgan fingerprint density at radius 3 is 2.62 bits per heavy atom. The minimum atomic E-state index is -0.726. The Morgan fingerprint density at radius 1 is 1.16 bits per heavy atom. The van der Waals surface area contributed by atoms with Gasteiger partial charge in [-0.15, -0.1) is 0 Å². The zero-order valence-corrected chi connectivity index (χ0v) is 18.0. The summed E-state index contributed by atoms with van der Waals surface area (Å²) in [4.78, 5) is 33.0. The van der Waals surface area contributed by atoms with Gasteiger partial charge in [-0.05, 0) is 12.1 Å². The second kappa shape index (κ2) is 9.65. The Hall–Kier alpha value is -3.65. The number of rotatable bonds is 6. The van der Waals surface area contributed by atoms with Crippen LogP contribution in [0.3, 0.4) is 0 Å². The Kier molecular flexibility index (Phi) is 6.51. The van der Waals surface area contributed by atoms with Gasteiger partial charge >= 0.3 is 5.69 Å². The molecule has 4 rings (SSSR count). The quantitative estimate of drug-likeness (QED) is 0.501. The number of quaternary nitrogens is 1. The Morgan fingerprint density at radius 2 is 1.91 bits per heavy atom. The van der Waals surface area contributed by atoms with Crippen LogP contribution in [0.5, 0.6) is 11.6 Å². The number of hydrogen-bond donors (Lipinski definition) is 3. The van der Waals surface area contributed by atoms with E-state index < -0.39 is 17.1 Å². The van der Waals surface area contributed by atoms with Crippen LogP contribution in [-0.4, -0.2) is 47.1 Å². The molecule has 0 spiro atoms. The van der Waals surface area contributed by atoms with Crippen LogP contribution >= 0.6 is 0 Å². The van der Waals surface area contributed by atoms with E-state index in [0.29, 0.717) is 11.4 Å². The summed E-state index contributed by atoms with van der Waals surface area (Å²) in [5.41, 5.74) is 0.279. The Balaban J connectivity index is 1.50. The van der Waals surface area contributed by atoms with Crippen molar-refractivity contribution in [3.63, 3.8) is 0 Å². The van der Waals surface area contributed by atoms with Crippen LogP contribution in [0, 0.1) is 0 Å². The molecule has 1 aromatic heterocycles. The highest BCUT2D eigenvalue weighted by Crippen LogP contribution is 2.20. The van der Waals surface area contributed by atoms with Crippen molar-refractivity contribution >= 4 is 6.21 Å². The molecule has 32 heavy (non-hydrogen) atoms. The second-order valence-electron chi connectivity index (χ2n) is 7.96. The van der Waals surface area contributed by atoms with Crippen LogP contribution in [0.25, 0.3) is 5.69 Å². The van der Waals surface area contributed by atoms with E-state index in [9.17, 15) is 14.7 Å². The van der Waals surface area contributed by atoms with Crippen molar-refractivity contribution in [1.29, 1.82) is 0 Å². The molecule has 166 valence electrons. The lowest BCUT2D eigenvalue weighted by molar-refractivity contribution is -0.918. The van der Waals surface area contributed by atoms with Gasteiger partial charge in [0.1, 0.15) is 17.9 Å². The molecule has 0 unspecified atom stereocenters. The highest BCUT2D eigenvalue weighted by molar-refractivity contribution is 5.82. The molecular weight excluding hydrogens is 408 g/mol. The molecule has 0 saturated carbocycles. The molecule has 2 aromatic carbocycles. The van der Waals surface area contributed by atoms with Gasteiger partial charge in [0, 0.05) is 30.7 Å². The predicted octanol–water partition coefficient (Wildman–Crippen LogP) is 0.906. The van der Waals surface area contributed by atoms with Gasteiger partial charge in [-0.2, -0.15) is 0 Å². The molecule has 3 aromatic rings. The standard InChI is InChI=1S/C24H26N4O4/c1-32-20-9-5-8-19(14-20)28-23(30)21(22(29)26-24(28)31)15-25-18-10-12-27(13-11-18)16-17-6-3-2-4-7-17/h2-9,14-15,18,30H,10-13,16H2,1H3,(H,26,29,31)/p+1. The summed E-state index contributed by atoms with van der Waals surface area (Å²) in [5.74, 6) is 0.0860. The van der Waals surface area contributed by atoms with Crippen LogP contribution in [-0.2, 0) is 6.54 Å². The molecule has 2 heterocycles. The van der Waals surface area contributed by atoms with E-state index in [1.165, 1.54) is 23.8 Å². The third kappa shape index (κ3) is 4.81. The summed E-state index contributed by atoms with van der Waals surface area (Å²) >= 11 is 0. The number of aromatic amines is 1. The van der Waals surface area contributed by atoms with Crippen molar-refractivity contribution in [3.8, 4) is 17.3 Å². The minimum absolute atomic E-state index is 0.0357. The Bertz CT molecular complexity index is 1210. The van der Waals surface area contributed by atoms with Crippen molar-refractivity contribution in [2.24, 2.45) is 4.99 Å².